The molecule has 26 heavy (non-hydrogen) atoms. The second-order valence-electron chi connectivity index (χ2n) is 5.63. The van der Waals surface area contributed by atoms with Crippen LogP contribution in [0.15, 0.2) is 62.5 Å². The van der Waals surface area contributed by atoms with Gasteiger partial charge >= 0.3 is 0 Å². The molecule has 0 aromatic heterocycles. The maximum Gasteiger partial charge on any atom is 0.238 e. The van der Waals surface area contributed by atoms with Gasteiger partial charge in [-0.1, -0.05) is 49.7 Å². The van der Waals surface area contributed by atoms with E-state index in [-0.39, 0.29) is 18.2 Å². The van der Waals surface area contributed by atoms with E-state index in [1.165, 1.54) is 16.7 Å². The Hall–Kier alpha value is -1.64. The van der Waals surface area contributed by atoms with Crippen LogP contribution >= 0.6 is 43.6 Å². The zero-order valence-corrected chi connectivity index (χ0v) is 17.8. The van der Waals surface area contributed by atoms with Crippen molar-refractivity contribution in [2.75, 3.05) is 12.4 Å². The highest BCUT2D eigenvalue weighted by molar-refractivity contribution is 9.10. The molecule has 0 saturated carbocycles. The molecule has 1 heterocycles. The van der Waals surface area contributed by atoms with Gasteiger partial charge in [0.2, 0.25) is 11.8 Å². The van der Waals surface area contributed by atoms with E-state index in [0.29, 0.717) is 10.9 Å². The summed E-state index contributed by atoms with van der Waals surface area (Å²) in [7, 11) is 1.68. The Labute approximate surface area is 172 Å². The van der Waals surface area contributed by atoms with Gasteiger partial charge in [0.25, 0.3) is 0 Å². The quantitative estimate of drug-likeness (QED) is 0.663. The molecule has 1 atom stereocenters. The highest BCUT2D eigenvalue weighted by Gasteiger charge is 2.34. The Kier molecular flexibility index (Phi) is 6.16. The number of benzene rings is 2. The second kappa shape index (κ2) is 8.37. The molecule has 3 rings (SSSR count). The maximum absolute atomic E-state index is 12.6. The van der Waals surface area contributed by atoms with Gasteiger partial charge in [0.05, 0.1) is 5.69 Å². The van der Waals surface area contributed by atoms with Gasteiger partial charge in [0.15, 0.2) is 5.17 Å². The minimum atomic E-state index is -0.521. The van der Waals surface area contributed by atoms with E-state index in [0.717, 1.165) is 14.6 Å². The first-order valence-corrected chi connectivity index (χ1v) is 10.2. The molecule has 134 valence electrons. The van der Waals surface area contributed by atoms with Crippen molar-refractivity contribution < 1.29 is 9.59 Å². The summed E-state index contributed by atoms with van der Waals surface area (Å²) in [6.07, 6.45) is 0.139. The Morgan fingerprint density at radius 2 is 1.92 bits per heavy atom. The van der Waals surface area contributed by atoms with Crippen LogP contribution in [0.1, 0.15) is 6.42 Å². The van der Waals surface area contributed by atoms with E-state index < -0.39 is 5.25 Å². The number of amidine groups is 1. The SMILES string of the molecule is CN1C(=O)CC(C(=O)Nc2cccc(Br)c2)SC1=Nc1ccc(Br)cc1. The van der Waals surface area contributed by atoms with E-state index in [1.807, 2.05) is 42.5 Å². The molecule has 0 radical (unpaired) electrons. The third-order valence-electron chi connectivity index (χ3n) is 3.70. The van der Waals surface area contributed by atoms with Crippen molar-refractivity contribution in [3.8, 4) is 0 Å². The van der Waals surface area contributed by atoms with Gasteiger partial charge in [-0.25, -0.2) is 4.99 Å². The van der Waals surface area contributed by atoms with Crippen LogP contribution in [-0.2, 0) is 9.59 Å². The average Bonchev–Trinajstić information content (AvgIpc) is 2.60. The summed E-state index contributed by atoms with van der Waals surface area (Å²) in [6, 6.07) is 14.8. The van der Waals surface area contributed by atoms with Gasteiger partial charge in [0, 0.05) is 28.1 Å². The first-order chi connectivity index (χ1) is 12.4. The number of hydrogen-bond acceptors (Lipinski definition) is 4. The van der Waals surface area contributed by atoms with Crippen molar-refractivity contribution in [1.82, 2.24) is 4.90 Å². The maximum atomic E-state index is 12.6. The fraction of sp³-hybridized carbons (Fsp3) is 0.167. The number of rotatable bonds is 3. The number of hydrogen-bond donors (Lipinski definition) is 1. The predicted molar refractivity (Wildman–Crippen MR) is 113 cm³/mol. The molecular weight excluding hydrogens is 482 g/mol. The minimum absolute atomic E-state index is 0.131. The van der Waals surface area contributed by atoms with Gasteiger partial charge in [-0.2, -0.15) is 0 Å². The highest BCUT2D eigenvalue weighted by Crippen LogP contribution is 2.29. The molecular formula is C18H15Br2N3O2S. The van der Waals surface area contributed by atoms with E-state index in [1.54, 1.807) is 13.1 Å². The summed E-state index contributed by atoms with van der Waals surface area (Å²) in [4.78, 5) is 30.9. The van der Waals surface area contributed by atoms with Crippen LogP contribution in [-0.4, -0.2) is 34.2 Å². The van der Waals surface area contributed by atoms with Gasteiger partial charge in [0.1, 0.15) is 5.25 Å². The minimum Gasteiger partial charge on any atom is -0.325 e. The number of carbonyl (C=O) groups is 2. The molecule has 1 unspecified atom stereocenters. The van der Waals surface area contributed by atoms with E-state index in [9.17, 15) is 9.59 Å². The van der Waals surface area contributed by atoms with E-state index in [2.05, 4.69) is 42.2 Å². The van der Waals surface area contributed by atoms with Crippen LogP contribution in [0, 0.1) is 0 Å². The fourth-order valence-corrected chi connectivity index (χ4v) is 4.04. The van der Waals surface area contributed by atoms with Crippen LogP contribution < -0.4 is 5.32 Å². The number of amides is 2. The molecule has 1 fully saturated rings. The zero-order valence-electron chi connectivity index (χ0n) is 13.8. The molecule has 1 aliphatic rings. The largest absolute Gasteiger partial charge is 0.325 e. The molecule has 1 saturated heterocycles. The first kappa shape index (κ1) is 19.1. The smallest absolute Gasteiger partial charge is 0.238 e. The molecule has 0 aliphatic carbocycles. The van der Waals surface area contributed by atoms with Crippen LogP contribution in [0.2, 0.25) is 0 Å². The molecule has 2 aromatic carbocycles. The molecule has 0 bridgehead atoms. The summed E-state index contributed by atoms with van der Waals surface area (Å²) in [6.45, 7) is 0. The van der Waals surface area contributed by atoms with Crippen molar-refractivity contribution in [2.45, 2.75) is 11.7 Å². The summed E-state index contributed by atoms with van der Waals surface area (Å²) in [5, 5.41) is 2.85. The Morgan fingerprint density at radius 1 is 1.19 bits per heavy atom. The molecule has 2 aromatic rings. The average molecular weight is 497 g/mol. The monoisotopic (exact) mass is 495 g/mol. The Morgan fingerprint density at radius 3 is 2.62 bits per heavy atom. The predicted octanol–water partition coefficient (Wildman–Crippen LogP) is 4.80. The number of thioether (sulfide) groups is 1. The molecule has 1 N–H and O–H groups in total. The Bertz CT molecular complexity index is 871. The van der Waals surface area contributed by atoms with Crippen LogP contribution in [0.4, 0.5) is 11.4 Å². The molecule has 1 aliphatic heterocycles. The number of nitrogens with one attached hydrogen (secondary N) is 1. The second-order valence-corrected chi connectivity index (χ2v) is 8.64. The lowest BCUT2D eigenvalue weighted by molar-refractivity contribution is -0.128. The lowest BCUT2D eigenvalue weighted by Crippen LogP contribution is -2.43. The van der Waals surface area contributed by atoms with E-state index in [4.69, 9.17) is 0 Å². The van der Waals surface area contributed by atoms with Crippen molar-refractivity contribution in [3.05, 3.63) is 57.5 Å². The number of aliphatic imine (C=N–C) groups is 1. The third kappa shape index (κ3) is 4.75. The van der Waals surface area contributed by atoms with Crippen molar-refractivity contribution in [3.63, 3.8) is 0 Å². The van der Waals surface area contributed by atoms with Crippen molar-refractivity contribution >= 4 is 72.0 Å². The van der Waals surface area contributed by atoms with Crippen molar-refractivity contribution in [1.29, 1.82) is 0 Å². The molecule has 8 heteroatoms. The first-order valence-electron chi connectivity index (χ1n) is 7.76. The summed E-state index contributed by atoms with van der Waals surface area (Å²) in [5.41, 5.74) is 1.41. The van der Waals surface area contributed by atoms with Gasteiger partial charge < -0.3 is 5.32 Å². The molecule has 2 amide bonds. The lowest BCUT2D eigenvalue weighted by Gasteiger charge is -2.28. The van der Waals surface area contributed by atoms with Gasteiger partial charge in [-0.15, -0.1) is 0 Å². The van der Waals surface area contributed by atoms with E-state index >= 15 is 0 Å². The number of halogens is 2. The number of anilines is 1. The summed E-state index contributed by atoms with van der Waals surface area (Å²) < 4.78 is 1.83. The normalized spacial score (nSPS) is 18.9. The van der Waals surface area contributed by atoms with Crippen LogP contribution in [0.5, 0.6) is 0 Å². The Balaban J connectivity index is 1.77. The topological polar surface area (TPSA) is 61.8 Å². The zero-order chi connectivity index (χ0) is 18.7. The lowest BCUT2D eigenvalue weighted by atomic mass is 10.2. The molecule has 0 spiro atoms. The standard InChI is InChI=1S/C18H15Br2N3O2S/c1-23-16(24)10-15(17(25)21-14-4-2-3-12(20)9-14)26-18(23)22-13-7-5-11(19)6-8-13/h2-9,15H,10H2,1H3,(H,21,25). The molecule has 5 nitrogen and oxygen atoms in total. The summed E-state index contributed by atoms with van der Waals surface area (Å²) >= 11 is 8.05. The fourth-order valence-electron chi connectivity index (χ4n) is 2.31. The number of nitrogens with zero attached hydrogens (tertiary/aromatic N) is 2. The summed E-state index contributed by atoms with van der Waals surface area (Å²) in [5.74, 6) is -0.341. The van der Waals surface area contributed by atoms with Gasteiger partial charge in [-0.3, -0.25) is 14.5 Å². The number of carbonyl (C=O) groups excluding carboxylic acids is 2. The van der Waals surface area contributed by atoms with Crippen LogP contribution in [0.25, 0.3) is 0 Å². The van der Waals surface area contributed by atoms with Crippen LogP contribution in [0.3, 0.4) is 0 Å². The van der Waals surface area contributed by atoms with Gasteiger partial charge in [-0.05, 0) is 42.5 Å². The third-order valence-corrected chi connectivity index (χ3v) is 5.97. The highest BCUT2D eigenvalue weighted by atomic mass is 79.9. The van der Waals surface area contributed by atoms with Crippen molar-refractivity contribution in [2.24, 2.45) is 4.99 Å².